The molecule has 1 heterocycles. The quantitative estimate of drug-likeness (QED) is 0.652. The lowest BCUT2D eigenvalue weighted by Crippen LogP contribution is -2.33. The summed E-state index contributed by atoms with van der Waals surface area (Å²) in [4.78, 5) is 23.9. The molecule has 0 saturated carbocycles. The van der Waals surface area contributed by atoms with Gasteiger partial charge < -0.3 is 20.0 Å². The number of rotatable bonds is 8. The van der Waals surface area contributed by atoms with Gasteiger partial charge in [0.05, 0.1) is 10.9 Å². The molecule has 0 saturated heterocycles. The molecular weight excluding hydrogens is 362 g/mol. The molecule has 6 heteroatoms. The van der Waals surface area contributed by atoms with E-state index in [1.54, 1.807) is 41.8 Å². The Balaban J connectivity index is 1.67. The van der Waals surface area contributed by atoms with Crippen molar-refractivity contribution >= 4 is 23.2 Å². The number of carbonyl (C=O) groups excluding carboxylic acids is 2. The number of amides is 1. The lowest BCUT2D eigenvalue weighted by Gasteiger charge is -2.20. The van der Waals surface area contributed by atoms with Crippen LogP contribution in [0.2, 0.25) is 0 Å². The van der Waals surface area contributed by atoms with Gasteiger partial charge in [-0.25, -0.2) is 0 Å². The zero-order valence-corrected chi connectivity index (χ0v) is 15.3. The summed E-state index contributed by atoms with van der Waals surface area (Å²) in [7, 11) is 0. The fourth-order valence-electron chi connectivity index (χ4n) is 2.59. The molecule has 1 amide bonds. The van der Waals surface area contributed by atoms with Crippen molar-refractivity contribution in [3.05, 3.63) is 88.1 Å². The highest BCUT2D eigenvalue weighted by molar-refractivity contribution is 7.12. The first kappa shape index (κ1) is 18.7. The van der Waals surface area contributed by atoms with Gasteiger partial charge in [0.2, 0.25) is 0 Å². The van der Waals surface area contributed by atoms with E-state index in [4.69, 9.17) is 4.74 Å². The van der Waals surface area contributed by atoms with E-state index in [1.807, 2.05) is 30.3 Å². The van der Waals surface area contributed by atoms with Gasteiger partial charge in [0.1, 0.15) is 12.4 Å². The molecule has 0 radical (unpaired) electrons. The summed E-state index contributed by atoms with van der Waals surface area (Å²) in [6, 6.07) is 19.6. The molecular formula is C21H18NO4S-. The molecule has 5 nitrogen and oxygen atoms in total. The zero-order chi connectivity index (χ0) is 19.1. The maximum Gasteiger partial charge on any atom is 0.261 e. The van der Waals surface area contributed by atoms with Gasteiger partial charge in [0.25, 0.3) is 5.91 Å². The maximum atomic E-state index is 12.3. The van der Waals surface area contributed by atoms with Crippen LogP contribution in [0.3, 0.4) is 0 Å². The van der Waals surface area contributed by atoms with E-state index < -0.39 is 12.0 Å². The molecule has 0 unspecified atom stereocenters. The number of carboxylic acids is 1. The molecule has 3 aromatic rings. The predicted molar refractivity (Wildman–Crippen MR) is 101 cm³/mol. The molecule has 0 aliphatic carbocycles. The number of nitrogens with one attached hydrogen (secondary N) is 1. The first-order valence-corrected chi connectivity index (χ1v) is 9.30. The monoisotopic (exact) mass is 380 g/mol. The average Bonchev–Trinajstić information content (AvgIpc) is 3.22. The lowest BCUT2D eigenvalue weighted by atomic mass is 10.0. The second kappa shape index (κ2) is 9.00. The third-order valence-electron chi connectivity index (χ3n) is 3.95. The fraction of sp³-hybridized carbons (Fsp3) is 0.143. The van der Waals surface area contributed by atoms with Crippen molar-refractivity contribution < 1.29 is 19.4 Å². The van der Waals surface area contributed by atoms with Gasteiger partial charge in [-0.3, -0.25) is 4.79 Å². The van der Waals surface area contributed by atoms with Crippen molar-refractivity contribution in [3.8, 4) is 5.75 Å². The highest BCUT2D eigenvalue weighted by Crippen LogP contribution is 2.22. The number of thiophene rings is 1. The Morgan fingerprint density at radius 3 is 2.37 bits per heavy atom. The third kappa shape index (κ3) is 5.43. The Kier molecular flexibility index (Phi) is 6.22. The fourth-order valence-corrected chi connectivity index (χ4v) is 3.22. The van der Waals surface area contributed by atoms with Crippen molar-refractivity contribution in [1.29, 1.82) is 0 Å². The third-order valence-corrected chi connectivity index (χ3v) is 4.82. The number of benzene rings is 2. The van der Waals surface area contributed by atoms with Crippen LogP contribution in [0.5, 0.6) is 5.75 Å². The Morgan fingerprint density at radius 1 is 1.00 bits per heavy atom. The summed E-state index contributed by atoms with van der Waals surface area (Å²) in [5.74, 6) is -0.865. The van der Waals surface area contributed by atoms with Gasteiger partial charge in [-0.1, -0.05) is 48.5 Å². The van der Waals surface area contributed by atoms with E-state index in [9.17, 15) is 14.7 Å². The molecule has 0 bridgehead atoms. The molecule has 0 fully saturated rings. The van der Waals surface area contributed by atoms with Gasteiger partial charge in [-0.05, 0) is 34.7 Å². The minimum absolute atomic E-state index is 0.304. The highest BCUT2D eigenvalue weighted by atomic mass is 32.1. The standard InChI is InChI=1S/C21H19NO4S/c23-20(24)13-18(22-21(25)19-7-4-12-27-19)16-8-10-17(11-9-16)26-14-15-5-2-1-3-6-15/h1-12,18H,13-14H2,(H,22,25)(H,23,24)/p-1/t18-/m0/s1. The SMILES string of the molecule is O=C([O-])C[C@H](NC(=O)c1cccs1)c1ccc(OCc2ccccc2)cc1. The van der Waals surface area contributed by atoms with Gasteiger partial charge in [0, 0.05) is 12.4 Å². The van der Waals surface area contributed by atoms with Gasteiger partial charge >= 0.3 is 0 Å². The van der Waals surface area contributed by atoms with Gasteiger partial charge in [0.15, 0.2) is 0 Å². The van der Waals surface area contributed by atoms with Crippen LogP contribution in [0.1, 0.15) is 33.3 Å². The van der Waals surface area contributed by atoms with E-state index in [0.717, 1.165) is 5.56 Å². The van der Waals surface area contributed by atoms with E-state index in [2.05, 4.69) is 5.32 Å². The Morgan fingerprint density at radius 2 is 1.74 bits per heavy atom. The van der Waals surface area contributed by atoms with E-state index >= 15 is 0 Å². The molecule has 2 aromatic carbocycles. The van der Waals surface area contributed by atoms with Gasteiger partial charge in [-0.2, -0.15) is 0 Å². The van der Waals surface area contributed by atoms with Crippen molar-refractivity contribution in [3.63, 3.8) is 0 Å². The van der Waals surface area contributed by atoms with Gasteiger partial charge in [-0.15, -0.1) is 11.3 Å². The predicted octanol–water partition coefficient (Wildman–Crippen LogP) is 2.94. The first-order chi connectivity index (χ1) is 13.1. The Bertz CT molecular complexity index is 876. The van der Waals surface area contributed by atoms with Crippen LogP contribution in [0.15, 0.2) is 72.1 Å². The average molecular weight is 380 g/mol. The molecule has 0 spiro atoms. The normalized spacial score (nSPS) is 11.6. The van der Waals surface area contributed by atoms with Crippen LogP contribution in [0, 0.1) is 0 Å². The summed E-state index contributed by atoms with van der Waals surface area (Å²) in [6.45, 7) is 0.442. The topological polar surface area (TPSA) is 78.5 Å². The largest absolute Gasteiger partial charge is 0.550 e. The molecule has 1 atom stereocenters. The maximum absolute atomic E-state index is 12.3. The second-order valence-corrected chi connectivity index (χ2v) is 6.87. The molecule has 3 rings (SSSR count). The molecule has 0 aliphatic rings. The van der Waals surface area contributed by atoms with Crippen molar-refractivity contribution in [2.45, 2.75) is 19.1 Å². The zero-order valence-electron chi connectivity index (χ0n) is 14.5. The molecule has 1 N–H and O–H groups in total. The number of carbonyl (C=O) groups is 2. The molecule has 0 aliphatic heterocycles. The van der Waals surface area contributed by atoms with Crippen molar-refractivity contribution in [2.24, 2.45) is 0 Å². The minimum atomic E-state index is -1.23. The van der Waals surface area contributed by atoms with E-state index in [0.29, 0.717) is 22.8 Å². The van der Waals surface area contributed by atoms with Crippen LogP contribution in [0.4, 0.5) is 0 Å². The Hall–Kier alpha value is -3.12. The number of aliphatic carboxylic acids is 1. The second-order valence-electron chi connectivity index (χ2n) is 5.92. The van der Waals surface area contributed by atoms with Crippen LogP contribution in [-0.2, 0) is 11.4 Å². The van der Waals surface area contributed by atoms with Crippen LogP contribution in [-0.4, -0.2) is 11.9 Å². The Labute approximate surface area is 161 Å². The summed E-state index contributed by atoms with van der Waals surface area (Å²) >= 11 is 1.30. The van der Waals surface area contributed by atoms with Crippen molar-refractivity contribution in [1.82, 2.24) is 5.32 Å². The summed E-state index contributed by atoms with van der Waals surface area (Å²) in [5, 5.41) is 15.6. The van der Waals surface area contributed by atoms with Crippen LogP contribution in [0.25, 0.3) is 0 Å². The smallest absolute Gasteiger partial charge is 0.261 e. The number of ether oxygens (including phenoxy) is 1. The van der Waals surface area contributed by atoms with Crippen LogP contribution >= 0.6 is 11.3 Å². The van der Waals surface area contributed by atoms with E-state index in [1.165, 1.54) is 11.3 Å². The summed E-state index contributed by atoms with van der Waals surface area (Å²) < 4.78 is 5.73. The number of hydrogen-bond acceptors (Lipinski definition) is 5. The molecule has 1 aromatic heterocycles. The van der Waals surface area contributed by atoms with Crippen LogP contribution < -0.4 is 15.2 Å². The summed E-state index contributed by atoms with van der Waals surface area (Å²) in [6.07, 6.45) is -0.304. The number of hydrogen-bond donors (Lipinski definition) is 1. The number of carboxylic acid groups (broad SMARTS) is 1. The lowest BCUT2D eigenvalue weighted by molar-refractivity contribution is -0.306. The highest BCUT2D eigenvalue weighted by Gasteiger charge is 2.17. The molecule has 138 valence electrons. The minimum Gasteiger partial charge on any atom is -0.550 e. The summed E-state index contributed by atoms with van der Waals surface area (Å²) in [5.41, 5.74) is 1.73. The van der Waals surface area contributed by atoms with E-state index in [-0.39, 0.29) is 12.3 Å². The molecule has 27 heavy (non-hydrogen) atoms. The van der Waals surface area contributed by atoms with Crippen molar-refractivity contribution in [2.75, 3.05) is 0 Å². The first-order valence-electron chi connectivity index (χ1n) is 8.43.